The lowest BCUT2D eigenvalue weighted by Gasteiger charge is -2.26. The van der Waals surface area contributed by atoms with Crippen LogP contribution in [0.4, 0.5) is 0 Å². The zero-order valence-corrected chi connectivity index (χ0v) is 13.8. The van der Waals surface area contributed by atoms with E-state index in [4.69, 9.17) is 12.2 Å². The molecular weight excluding hydrogens is 304 g/mol. The Morgan fingerprint density at radius 1 is 1.48 bits per heavy atom. The van der Waals surface area contributed by atoms with E-state index in [-0.39, 0.29) is 6.61 Å². The van der Waals surface area contributed by atoms with Crippen LogP contribution in [0.25, 0.3) is 0 Å². The molecule has 1 N–H and O–H groups in total. The zero-order valence-electron chi connectivity index (χ0n) is 12.2. The van der Waals surface area contributed by atoms with E-state index in [9.17, 15) is 5.11 Å². The molecule has 21 heavy (non-hydrogen) atoms. The molecule has 5 nitrogen and oxygen atoms in total. The van der Waals surface area contributed by atoms with Gasteiger partial charge < -0.3 is 9.67 Å². The first kappa shape index (κ1) is 14.9. The van der Waals surface area contributed by atoms with E-state index >= 15 is 0 Å². The van der Waals surface area contributed by atoms with Gasteiger partial charge in [-0.25, -0.2) is 4.68 Å². The summed E-state index contributed by atoms with van der Waals surface area (Å²) in [5.74, 6) is 0.662. The molecule has 0 fully saturated rings. The molecule has 0 radical (unpaired) electrons. The maximum absolute atomic E-state index is 9.44. The molecule has 3 heterocycles. The predicted octanol–water partition coefficient (Wildman–Crippen LogP) is 2.39. The van der Waals surface area contributed by atoms with Crippen molar-refractivity contribution in [1.82, 2.24) is 19.2 Å². The molecule has 7 heteroatoms. The van der Waals surface area contributed by atoms with Crippen molar-refractivity contribution in [3.63, 3.8) is 0 Å². The van der Waals surface area contributed by atoms with Gasteiger partial charge in [0.15, 0.2) is 10.6 Å². The standard InChI is InChI=1S/C14H20N4OS2/c1-2-5-17-13(9-19)15-18(14(17)20)10-16-6-3-12-11(8-16)4-7-21-12/h4,7,19H,2-3,5-6,8-10H2,1H3. The van der Waals surface area contributed by atoms with E-state index in [2.05, 4.69) is 28.4 Å². The highest BCUT2D eigenvalue weighted by Gasteiger charge is 2.19. The summed E-state index contributed by atoms with van der Waals surface area (Å²) in [6, 6.07) is 2.21. The lowest BCUT2D eigenvalue weighted by molar-refractivity contribution is 0.188. The maximum Gasteiger partial charge on any atom is 0.199 e. The molecule has 0 spiro atoms. The topological polar surface area (TPSA) is 46.2 Å². The van der Waals surface area contributed by atoms with Gasteiger partial charge in [0.1, 0.15) is 6.61 Å². The average Bonchev–Trinajstić information content (AvgIpc) is 3.06. The Morgan fingerprint density at radius 3 is 3.10 bits per heavy atom. The number of rotatable bonds is 5. The number of thiophene rings is 1. The second-order valence-electron chi connectivity index (χ2n) is 5.32. The molecule has 0 unspecified atom stereocenters. The van der Waals surface area contributed by atoms with Gasteiger partial charge in [0, 0.05) is 24.5 Å². The highest BCUT2D eigenvalue weighted by atomic mass is 32.1. The molecule has 1 aliphatic heterocycles. The predicted molar refractivity (Wildman–Crippen MR) is 85.7 cm³/mol. The van der Waals surface area contributed by atoms with E-state index in [1.165, 1.54) is 10.4 Å². The van der Waals surface area contributed by atoms with Gasteiger partial charge in [0.05, 0.1) is 6.67 Å². The van der Waals surface area contributed by atoms with Crippen LogP contribution in [0.3, 0.4) is 0 Å². The van der Waals surface area contributed by atoms with Gasteiger partial charge in [-0.05, 0) is 42.1 Å². The van der Waals surface area contributed by atoms with Crippen molar-refractivity contribution in [3.05, 3.63) is 32.5 Å². The molecule has 2 aromatic rings. The highest BCUT2D eigenvalue weighted by Crippen LogP contribution is 2.24. The Balaban J connectivity index is 1.78. The van der Waals surface area contributed by atoms with E-state index in [0.717, 1.165) is 32.5 Å². The third kappa shape index (κ3) is 2.96. The Labute approximate surface area is 133 Å². The number of hydrogen-bond acceptors (Lipinski definition) is 5. The summed E-state index contributed by atoms with van der Waals surface area (Å²) >= 11 is 7.35. The quantitative estimate of drug-likeness (QED) is 0.858. The van der Waals surface area contributed by atoms with Crippen molar-refractivity contribution in [2.75, 3.05) is 6.54 Å². The molecule has 0 atom stereocenters. The van der Waals surface area contributed by atoms with Crippen molar-refractivity contribution in [2.24, 2.45) is 0 Å². The van der Waals surface area contributed by atoms with Crippen LogP contribution in [-0.2, 0) is 32.8 Å². The van der Waals surface area contributed by atoms with Crippen LogP contribution in [-0.4, -0.2) is 30.9 Å². The molecule has 0 amide bonds. The molecule has 3 rings (SSSR count). The van der Waals surface area contributed by atoms with Crippen molar-refractivity contribution >= 4 is 23.6 Å². The Bertz CT molecular complexity index is 673. The molecule has 0 saturated carbocycles. The fraction of sp³-hybridized carbons (Fsp3) is 0.571. The van der Waals surface area contributed by atoms with Crippen LogP contribution >= 0.6 is 23.6 Å². The van der Waals surface area contributed by atoms with Gasteiger partial charge in [-0.15, -0.1) is 11.3 Å². The summed E-state index contributed by atoms with van der Waals surface area (Å²) in [7, 11) is 0. The Morgan fingerprint density at radius 2 is 2.33 bits per heavy atom. The largest absolute Gasteiger partial charge is 0.388 e. The summed E-state index contributed by atoms with van der Waals surface area (Å²) in [5.41, 5.74) is 1.42. The van der Waals surface area contributed by atoms with Gasteiger partial charge in [0.25, 0.3) is 0 Å². The molecule has 0 bridgehead atoms. The van der Waals surface area contributed by atoms with Crippen LogP contribution in [0.5, 0.6) is 0 Å². The second-order valence-corrected chi connectivity index (χ2v) is 6.69. The third-order valence-electron chi connectivity index (χ3n) is 3.81. The molecule has 0 aromatic carbocycles. The van der Waals surface area contributed by atoms with Crippen molar-refractivity contribution < 1.29 is 5.11 Å². The van der Waals surface area contributed by atoms with Crippen LogP contribution < -0.4 is 0 Å². The first-order chi connectivity index (χ1) is 10.2. The van der Waals surface area contributed by atoms with Gasteiger partial charge in [-0.2, -0.15) is 5.10 Å². The van der Waals surface area contributed by atoms with E-state index in [1.807, 2.05) is 20.6 Å². The summed E-state index contributed by atoms with van der Waals surface area (Å²) < 4.78 is 4.49. The fourth-order valence-electron chi connectivity index (χ4n) is 2.76. The second kappa shape index (κ2) is 6.39. The number of hydrogen-bond donors (Lipinski definition) is 1. The third-order valence-corrected chi connectivity index (χ3v) is 5.26. The van der Waals surface area contributed by atoms with Crippen LogP contribution in [0.2, 0.25) is 0 Å². The highest BCUT2D eigenvalue weighted by molar-refractivity contribution is 7.71. The van der Waals surface area contributed by atoms with E-state index < -0.39 is 0 Å². The van der Waals surface area contributed by atoms with Crippen molar-refractivity contribution in [3.8, 4) is 0 Å². The van der Waals surface area contributed by atoms with Gasteiger partial charge in [0.2, 0.25) is 0 Å². The molecule has 114 valence electrons. The molecule has 0 aliphatic carbocycles. The van der Waals surface area contributed by atoms with Crippen LogP contribution in [0.1, 0.15) is 29.6 Å². The molecule has 2 aromatic heterocycles. The van der Waals surface area contributed by atoms with Crippen LogP contribution in [0.15, 0.2) is 11.4 Å². The van der Waals surface area contributed by atoms with Crippen molar-refractivity contribution in [2.45, 2.75) is 46.1 Å². The zero-order chi connectivity index (χ0) is 14.8. The first-order valence-electron chi connectivity index (χ1n) is 7.28. The van der Waals surface area contributed by atoms with E-state index in [0.29, 0.717) is 17.3 Å². The van der Waals surface area contributed by atoms with Gasteiger partial charge in [-0.3, -0.25) is 4.90 Å². The molecule has 0 saturated heterocycles. The smallest absolute Gasteiger partial charge is 0.199 e. The first-order valence-corrected chi connectivity index (χ1v) is 8.56. The minimum atomic E-state index is -0.0642. The number of nitrogens with zero attached hydrogens (tertiary/aromatic N) is 4. The average molecular weight is 324 g/mol. The number of aliphatic hydroxyl groups is 1. The number of fused-ring (bicyclic) bond motifs is 1. The monoisotopic (exact) mass is 324 g/mol. The maximum atomic E-state index is 9.44. The summed E-state index contributed by atoms with van der Waals surface area (Å²) in [4.78, 5) is 3.86. The normalized spacial score (nSPS) is 15.3. The van der Waals surface area contributed by atoms with Crippen LogP contribution in [0, 0.1) is 4.77 Å². The fourth-order valence-corrected chi connectivity index (χ4v) is 3.95. The van der Waals surface area contributed by atoms with E-state index in [1.54, 1.807) is 0 Å². The lowest BCUT2D eigenvalue weighted by atomic mass is 10.1. The summed E-state index contributed by atoms with van der Waals surface area (Å²) in [6.07, 6.45) is 2.08. The lowest BCUT2D eigenvalue weighted by Crippen LogP contribution is -2.32. The summed E-state index contributed by atoms with van der Waals surface area (Å²) in [6.45, 7) is 5.52. The minimum Gasteiger partial charge on any atom is -0.388 e. The van der Waals surface area contributed by atoms with Gasteiger partial charge in [-0.1, -0.05) is 6.92 Å². The molecular formula is C14H20N4OS2. The SMILES string of the molecule is CCCn1c(CO)nn(CN2CCc3sccc3C2)c1=S. The number of aliphatic hydroxyl groups excluding tert-OH is 1. The Kier molecular flexibility index (Phi) is 4.54. The van der Waals surface area contributed by atoms with Crippen molar-refractivity contribution in [1.29, 1.82) is 0 Å². The molecule has 1 aliphatic rings. The minimum absolute atomic E-state index is 0.0642. The summed E-state index contributed by atoms with van der Waals surface area (Å²) in [5, 5.41) is 16.1. The number of aromatic nitrogens is 3. The van der Waals surface area contributed by atoms with Gasteiger partial charge >= 0.3 is 0 Å². The Hall–Kier alpha value is -1.02.